The number of carbonyl (C=O) groups is 1. The maximum absolute atomic E-state index is 12.3. The standard InChI is InChI=1S/C13H19N3OS/c1-11(18-13-14-7-6-8-15-13)12(17)16-9-4-2-3-5-10-16/h6-8,11H,2-5,9-10H2,1H3. The minimum atomic E-state index is -0.106. The zero-order chi connectivity index (χ0) is 12.8. The van der Waals surface area contributed by atoms with Gasteiger partial charge in [-0.2, -0.15) is 0 Å². The third-order valence-electron chi connectivity index (χ3n) is 3.09. The van der Waals surface area contributed by atoms with E-state index in [2.05, 4.69) is 9.97 Å². The van der Waals surface area contributed by atoms with E-state index in [0.717, 1.165) is 25.9 Å². The van der Waals surface area contributed by atoms with E-state index >= 15 is 0 Å². The Morgan fingerprint density at radius 3 is 2.44 bits per heavy atom. The van der Waals surface area contributed by atoms with Crippen LogP contribution in [0.15, 0.2) is 23.6 Å². The van der Waals surface area contributed by atoms with Crippen molar-refractivity contribution in [2.75, 3.05) is 13.1 Å². The van der Waals surface area contributed by atoms with Gasteiger partial charge in [-0.25, -0.2) is 9.97 Å². The summed E-state index contributed by atoms with van der Waals surface area (Å²) in [5.41, 5.74) is 0. The van der Waals surface area contributed by atoms with Crippen LogP contribution in [-0.2, 0) is 4.79 Å². The van der Waals surface area contributed by atoms with Crippen molar-refractivity contribution in [1.82, 2.24) is 14.9 Å². The topological polar surface area (TPSA) is 46.1 Å². The summed E-state index contributed by atoms with van der Waals surface area (Å²) in [6.07, 6.45) is 8.16. The zero-order valence-corrected chi connectivity index (χ0v) is 11.5. The first-order valence-corrected chi connectivity index (χ1v) is 7.38. The van der Waals surface area contributed by atoms with E-state index in [-0.39, 0.29) is 11.2 Å². The van der Waals surface area contributed by atoms with Crippen molar-refractivity contribution in [1.29, 1.82) is 0 Å². The van der Waals surface area contributed by atoms with E-state index in [9.17, 15) is 4.79 Å². The van der Waals surface area contributed by atoms with Crippen molar-refractivity contribution in [2.45, 2.75) is 43.0 Å². The first kappa shape index (κ1) is 13.3. The molecule has 0 bridgehead atoms. The smallest absolute Gasteiger partial charge is 0.235 e. The molecule has 1 aromatic rings. The maximum Gasteiger partial charge on any atom is 0.235 e. The number of hydrogen-bond donors (Lipinski definition) is 0. The molecule has 1 atom stereocenters. The number of nitrogens with zero attached hydrogens (tertiary/aromatic N) is 3. The second-order valence-electron chi connectivity index (χ2n) is 4.53. The van der Waals surface area contributed by atoms with Gasteiger partial charge < -0.3 is 4.90 Å². The fourth-order valence-corrected chi connectivity index (χ4v) is 2.91. The number of amides is 1. The van der Waals surface area contributed by atoms with Gasteiger partial charge in [0.15, 0.2) is 5.16 Å². The predicted octanol–water partition coefficient (Wildman–Crippen LogP) is 2.36. The highest BCUT2D eigenvalue weighted by Gasteiger charge is 2.22. The first-order chi connectivity index (χ1) is 8.77. The molecule has 1 unspecified atom stereocenters. The van der Waals surface area contributed by atoms with Crippen molar-refractivity contribution < 1.29 is 4.79 Å². The summed E-state index contributed by atoms with van der Waals surface area (Å²) in [5.74, 6) is 0.217. The largest absolute Gasteiger partial charge is 0.342 e. The van der Waals surface area contributed by atoms with Crippen LogP contribution >= 0.6 is 11.8 Å². The summed E-state index contributed by atoms with van der Waals surface area (Å²) in [5, 5.41) is 0.568. The molecule has 0 radical (unpaired) electrons. The van der Waals surface area contributed by atoms with Gasteiger partial charge in [0, 0.05) is 25.5 Å². The lowest BCUT2D eigenvalue weighted by Crippen LogP contribution is -2.37. The van der Waals surface area contributed by atoms with E-state index in [0.29, 0.717) is 5.16 Å². The quantitative estimate of drug-likeness (QED) is 0.622. The Hall–Kier alpha value is -1.10. The van der Waals surface area contributed by atoms with Crippen molar-refractivity contribution in [3.8, 4) is 0 Å². The Morgan fingerprint density at radius 1 is 1.22 bits per heavy atom. The minimum absolute atomic E-state index is 0.106. The van der Waals surface area contributed by atoms with Gasteiger partial charge in [0.25, 0.3) is 0 Å². The van der Waals surface area contributed by atoms with Crippen molar-refractivity contribution in [3.05, 3.63) is 18.5 Å². The van der Waals surface area contributed by atoms with Gasteiger partial charge in [-0.15, -0.1) is 0 Å². The van der Waals surface area contributed by atoms with Crippen LogP contribution in [0.4, 0.5) is 0 Å². The molecule has 5 heteroatoms. The Balaban J connectivity index is 1.91. The van der Waals surface area contributed by atoms with Gasteiger partial charge in [-0.3, -0.25) is 4.79 Å². The van der Waals surface area contributed by atoms with Crippen LogP contribution in [0.25, 0.3) is 0 Å². The molecule has 0 spiro atoms. The molecule has 1 aromatic heterocycles. The second kappa shape index (κ2) is 6.73. The number of carbonyl (C=O) groups excluding carboxylic acids is 1. The molecule has 98 valence electrons. The molecule has 1 fully saturated rings. The van der Waals surface area contributed by atoms with Gasteiger partial charge in [-0.05, 0) is 25.8 Å². The monoisotopic (exact) mass is 265 g/mol. The predicted molar refractivity (Wildman–Crippen MR) is 72.4 cm³/mol. The molecule has 1 amide bonds. The van der Waals surface area contributed by atoms with Crippen LogP contribution in [0.3, 0.4) is 0 Å². The van der Waals surface area contributed by atoms with Crippen molar-refractivity contribution in [3.63, 3.8) is 0 Å². The van der Waals surface area contributed by atoms with Crippen LogP contribution in [0.1, 0.15) is 32.6 Å². The number of aromatic nitrogens is 2. The Labute approximate surface area is 112 Å². The summed E-state index contributed by atoms with van der Waals surface area (Å²) in [6, 6.07) is 1.78. The zero-order valence-electron chi connectivity index (χ0n) is 10.7. The Bertz CT molecular complexity index is 377. The van der Waals surface area contributed by atoms with Crippen LogP contribution in [0.5, 0.6) is 0 Å². The van der Waals surface area contributed by atoms with E-state index in [1.54, 1.807) is 18.5 Å². The molecule has 1 aliphatic rings. The fourth-order valence-electron chi connectivity index (χ4n) is 2.10. The maximum atomic E-state index is 12.3. The molecular formula is C13H19N3OS. The molecule has 1 saturated heterocycles. The average Bonchev–Trinajstić information content (AvgIpc) is 2.68. The molecule has 2 rings (SSSR count). The lowest BCUT2D eigenvalue weighted by molar-refractivity contribution is -0.130. The van der Waals surface area contributed by atoms with Crippen LogP contribution in [-0.4, -0.2) is 39.1 Å². The summed E-state index contributed by atoms with van der Waals surface area (Å²) in [4.78, 5) is 22.6. The van der Waals surface area contributed by atoms with E-state index in [1.165, 1.54) is 24.6 Å². The molecule has 0 aliphatic carbocycles. The van der Waals surface area contributed by atoms with E-state index in [1.807, 2.05) is 11.8 Å². The molecule has 4 nitrogen and oxygen atoms in total. The third kappa shape index (κ3) is 3.70. The first-order valence-electron chi connectivity index (χ1n) is 6.50. The highest BCUT2D eigenvalue weighted by Crippen LogP contribution is 2.21. The lowest BCUT2D eigenvalue weighted by Gasteiger charge is -2.23. The summed E-state index contributed by atoms with van der Waals surface area (Å²) in [7, 11) is 0. The molecule has 0 aromatic carbocycles. The fraction of sp³-hybridized carbons (Fsp3) is 0.615. The van der Waals surface area contributed by atoms with E-state index < -0.39 is 0 Å². The summed E-state index contributed by atoms with van der Waals surface area (Å²) in [6.45, 7) is 3.74. The van der Waals surface area contributed by atoms with Crippen molar-refractivity contribution in [2.24, 2.45) is 0 Å². The number of hydrogen-bond acceptors (Lipinski definition) is 4. The highest BCUT2D eigenvalue weighted by atomic mass is 32.2. The van der Waals surface area contributed by atoms with Gasteiger partial charge in [0.2, 0.25) is 5.91 Å². The van der Waals surface area contributed by atoms with Gasteiger partial charge in [0.1, 0.15) is 0 Å². The lowest BCUT2D eigenvalue weighted by atomic mass is 10.2. The molecule has 18 heavy (non-hydrogen) atoms. The van der Waals surface area contributed by atoms with E-state index in [4.69, 9.17) is 0 Å². The summed E-state index contributed by atoms with van der Waals surface area (Å²) >= 11 is 1.44. The van der Waals surface area contributed by atoms with Crippen LogP contribution < -0.4 is 0 Å². The average molecular weight is 265 g/mol. The Kier molecular flexibility index (Phi) is 4.99. The van der Waals surface area contributed by atoms with Gasteiger partial charge in [-0.1, -0.05) is 24.6 Å². The number of thioether (sulfide) groups is 1. The van der Waals surface area contributed by atoms with Gasteiger partial charge >= 0.3 is 0 Å². The number of rotatable bonds is 3. The second-order valence-corrected chi connectivity index (χ2v) is 5.84. The minimum Gasteiger partial charge on any atom is -0.342 e. The summed E-state index contributed by atoms with van der Waals surface area (Å²) < 4.78 is 0. The molecule has 1 aliphatic heterocycles. The molecular weight excluding hydrogens is 246 g/mol. The van der Waals surface area contributed by atoms with Gasteiger partial charge in [0.05, 0.1) is 5.25 Å². The molecule has 0 N–H and O–H groups in total. The van der Waals surface area contributed by atoms with Crippen LogP contribution in [0.2, 0.25) is 0 Å². The normalized spacial score (nSPS) is 18.2. The highest BCUT2D eigenvalue weighted by molar-refractivity contribution is 8.00. The number of likely N-dealkylation sites (tertiary alicyclic amines) is 1. The van der Waals surface area contributed by atoms with Crippen molar-refractivity contribution >= 4 is 17.7 Å². The van der Waals surface area contributed by atoms with Crippen LogP contribution in [0, 0.1) is 0 Å². The third-order valence-corrected chi connectivity index (χ3v) is 4.07. The molecule has 0 saturated carbocycles. The Morgan fingerprint density at radius 2 is 1.83 bits per heavy atom. The SMILES string of the molecule is CC(Sc1ncccn1)C(=O)N1CCCCCC1. The molecule has 2 heterocycles.